The van der Waals surface area contributed by atoms with Crippen LogP contribution in [0.5, 0.6) is 5.88 Å². The molecule has 1 saturated carbocycles. The lowest BCUT2D eigenvalue weighted by atomic mass is 9.92. The van der Waals surface area contributed by atoms with Gasteiger partial charge in [0.1, 0.15) is 28.8 Å². The molecule has 0 unspecified atom stereocenters. The lowest BCUT2D eigenvalue weighted by molar-refractivity contribution is -0.114. The van der Waals surface area contributed by atoms with Crippen LogP contribution >= 0.6 is 11.3 Å². The third-order valence-corrected chi connectivity index (χ3v) is 9.06. The predicted molar refractivity (Wildman–Crippen MR) is 116 cm³/mol. The van der Waals surface area contributed by atoms with E-state index in [1.165, 1.54) is 17.6 Å². The highest BCUT2D eigenvalue weighted by Crippen LogP contribution is 2.39. The van der Waals surface area contributed by atoms with Gasteiger partial charge in [0, 0.05) is 24.0 Å². The Morgan fingerprint density at radius 1 is 1.27 bits per heavy atom. The Balaban J connectivity index is 1.59. The van der Waals surface area contributed by atoms with Crippen LogP contribution in [0.25, 0.3) is 10.2 Å². The molecule has 0 radical (unpaired) electrons. The summed E-state index contributed by atoms with van der Waals surface area (Å²) in [5.74, 6) is -0.257. The summed E-state index contributed by atoms with van der Waals surface area (Å²) < 4.78 is 32.9. The normalized spacial score (nSPS) is 22.9. The van der Waals surface area contributed by atoms with Crippen LogP contribution in [-0.4, -0.2) is 71.9 Å². The predicted octanol–water partition coefficient (Wildman–Crippen LogP) is 2.22. The van der Waals surface area contributed by atoms with Gasteiger partial charge in [-0.05, 0) is 58.7 Å². The highest BCUT2D eigenvalue weighted by atomic mass is 32.2. The largest absolute Gasteiger partial charge is 0.474 e. The second kappa shape index (κ2) is 8.49. The van der Waals surface area contributed by atoms with Crippen LogP contribution in [-0.2, 0) is 27.8 Å². The number of hydrogen-bond donors (Lipinski definition) is 0. The summed E-state index contributed by atoms with van der Waals surface area (Å²) >= 11 is 1.58. The summed E-state index contributed by atoms with van der Waals surface area (Å²) in [4.78, 5) is 24.5. The summed E-state index contributed by atoms with van der Waals surface area (Å²) in [5.41, 5.74) is 0.922. The maximum atomic E-state index is 12.6. The first kappa shape index (κ1) is 21.6. The molecule has 2 aliphatic rings. The van der Waals surface area contributed by atoms with Crippen LogP contribution in [0.1, 0.15) is 43.0 Å². The second-order valence-corrected chi connectivity index (χ2v) is 11.5. The van der Waals surface area contributed by atoms with Crippen molar-refractivity contribution >= 4 is 37.4 Å². The number of thiophene rings is 1. The van der Waals surface area contributed by atoms with Crippen molar-refractivity contribution in [3.05, 3.63) is 16.8 Å². The van der Waals surface area contributed by atoms with Gasteiger partial charge in [-0.15, -0.1) is 11.3 Å². The lowest BCUT2D eigenvalue weighted by Crippen LogP contribution is -2.38. The summed E-state index contributed by atoms with van der Waals surface area (Å²) in [6.45, 7) is 1.92. The fraction of sp³-hybridized carbons (Fsp3) is 0.650. The number of carbonyl (C=O) groups is 1. The van der Waals surface area contributed by atoms with E-state index in [1.807, 2.05) is 0 Å². The number of aromatic nitrogens is 2. The zero-order chi connectivity index (χ0) is 21.5. The maximum absolute atomic E-state index is 12.6. The van der Waals surface area contributed by atoms with Crippen LogP contribution in [0.15, 0.2) is 6.33 Å². The number of rotatable bonds is 6. The smallest absolute Gasteiger partial charge is 0.225 e. The summed E-state index contributed by atoms with van der Waals surface area (Å²) in [6.07, 6.45) is 6.36. The zero-order valence-electron chi connectivity index (χ0n) is 17.6. The molecule has 1 aliphatic heterocycles. The van der Waals surface area contributed by atoms with Crippen LogP contribution < -0.4 is 4.74 Å². The first-order valence-corrected chi connectivity index (χ1v) is 12.7. The molecule has 10 heteroatoms. The number of Topliss-reactive ketones (excluding diaryl/α,β-unsaturated/α-hetero) is 1. The molecule has 3 heterocycles. The number of sulfonamides is 1. The van der Waals surface area contributed by atoms with Gasteiger partial charge < -0.3 is 9.64 Å². The second-order valence-electron chi connectivity index (χ2n) is 8.42. The van der Waals surface area contributed by atoms with Crippen LogP contribution in [0, 0.1) is 0 Å². The third kappa shape index (κ3) is 4.37. The molecular formula is C20H28N4O4S2. The van der Waals surface area contributed by atoms with Gasteiger partial charge in [-0.1, -0.05) is 0 Å². The van der Waals surface area contributed by atoms with Gasteiger partial charge in [-0.25, -0.2) is 18.4 Å². The average Bonchev–Trinajstić information content (AvgIpc) is 3.06. The number of ketones is 1. The standard InChI is InChI=1S/C20H28N4O4S2/c1-13(25)11-30(26,27)24-9-8-17-16(10-24)18-19(21-12-22-20(18)29-17)28-15-6-4-14(5-7-15)23(2)3/h12,14-15H,4-11H2,1-3H3. The van der Waals surface area contributed by atoms with Gasteiger partial charge in [-0.2, -0.15) is 4.31 Å². The first-order valence-electron chi connectivity index (χ1n) is 10.3. The molecule has 0 spiro atoms. The highest BCUT2D eigenvalue weighted by molar-refractivity contribution is 7.89. The van der Waals surface area contributed by atoms with E-state index in [2.05, 4.69) is 29.0 Å². The molecule has 0 N–H and O–H groups in total. The zero-order valence-corrected chi connectivity index (χ0v) is 19.3. The van der Waals surface area contributed by atoms with E-state index in [0.29, 0.717) is 24.9 Å². The van der Waals surface area contributed by atoms with E-state index < -0.39 is 15.8 Å². The Labute approximate surface area is 181 Å². The van der Waals surface area contributed by atoms with Crippen molar-refractivity contribution in [1.29, 1.82) is 0 Å². The van der Waals surface area contributed by atoms with Crippen molar-refractivity contribution in [1.82, 2.24) is 19.2 Å². The van der Waals surface area contributed by atoms with Crippen LogP contribution in [0.2, 0.25) is 0 Å². The van der Waals surface area contributed by atoms with Crippen molar-refractivity contribution < 1.29 is 17.9 Å². The van der Waals surface area contributed by atoms with Crippen LogP contribution in [0.3, 0.4) is 0 Å². The topological polar surface area (TPSA) is 92.7 Å². The SMILES string of the molecule is CC(=O)CS(=O)(=O)N1CCc2sc3ncnc(OC4CCC(N(C)C)CC4)c3c2C1. The van der Waals surface area contributed by atoms with E-state index in [9.17, 15) is 13.2 Å². The Morgan fingerprint density at radius 2 is 2.00 bits per heavy atom. The fourth-order valence-electron chi connectivity index (χ4n) is 4.37. The fourth-order valence-corrected chi connectivity index (χ4v) is 6.89. The molecule has 0 atom stereocenters. The van der Waals surface area contributed by atoms with Gasteiger partial charge in [0.2, 0.25) is 15.9 Å². The number of nitrogens with zero attached hydrogens (tertiary/aromatic N) is 4. The number of ether oxygens (including phenoxy) is 1. The quantitative estimate of drug-likeness (QED) is 0.663. The van der Waals surface area contributed by atoms with E-state index in [-0.39, 0.29) is 18.4 Å². The summed E-state index contributed by atoms with van der Waals surface area (Å²) in [6, 6.07) is 0.587. The minimum atomic E-state index is -3.62. The van der Waals surface area contributed by atoms with E-state index in [4.69, 9.17) is 4.74 Å². The Morgan fingerprint density at radius 3 is 2.67 bits per heavy atom. The van der Waals surface area contributed by atoms with Gasteiger partial charge >= 0.3 is 0 Å². The first-order chi connectivity index (χ1) is 14.2. The van der Waals surface area contributed by atoms with E-state index >= 15 is 0 Å². The molecular weight excluding hydrogens is 424 g/mol. The Bertz CT molecular complexity index is 1040. The van der Waals surface area contributed by atoms with Crippen molar-refractivity contribution in [2.75, 3.05) is 26.4 Å². The van der Waals surface area contributed by atoms with Crippen molar-refractivity contribution in [2.24, 2.45) is 0 Å². The molecule has 4 rings (SSSR count). The van der Waals surface area contributed by atoms with Gasteiger partial charge in [0.15, 0.2) is 0 Å². The van der Waals surface area contributed by atoms with Gasteiger partial charge in [-0.3, -0.25) is 4.79 Å². The summed E-state index contributed by atoms with van der Waals surface area (Å²) in [7, 11) is 0.605. The van der Waals surface area contributed by atoms with Crippen molar-refractivity contribution in [3.8, 4) is 5.88 Å². The molecule has 1 aliphatic carbocycles. The molecule has 0 saturated heterocycles. The van der Waals surface area contributed by atoms with E-state index in [1.54, 1.807) is 11.3 Å². The highest BCUT2D eigenvalue weighted by Gasteiger charge is 2.32. The molecule has 2 aromatic rings. The van der Waals surface area contributed by atoms with E-state index in [0.717, 1.165) is 46.3 Å². The number of hydrogen-bond acceptors (Lipinski definition) is 8. The minimum Gasteiger partial charge on any atom is -0.474 e. The Hall–Kier alpha value is -1.62. The third-order valence-electron chi connectivity index (χ3n) is 5.99. The van der Waals surface area contributed by atoms with Crippen molar-refractivity contribution in [3.63, 3.8) is 0 Å². The summed E-state index contributed by atoms with van der Waals surface area (Å²) in [5, 5.41) is 0.829. The maximum Gasteiger partial charge on any atom is 0.225 e. The molecule has 164 valence electrons. The molecule has 0 amide bonds. The molecule has 0 aromatic carbocycles. The number of fused-ring (bicyclic) bond motifs is 3. The molecule has 8 nitrogen and oxygen atoms in total. The molecule has 0 bridgehead atoms. The van der Waals surface area contributed by atoms with Gasteiger partial charge in [0.05, 0.1) is 5.39 Å². The monoisotopic (exact) mass is 452 g/mol. The molecule has 30 heavy (non-hydrogen) atoms. The number of carbonyl (C=O) groups excluding carboxylic acids is 1. The van der Waals surface area contributed by atoms with Crippen molar-refractivity contribution in [2.45, 2.75) is 57.7 Å². The lowest BCUT2D eigenvalue weighted by Gasteiger charge is -2.32. The van der Waals surface area contributed by atoms with Crippen LogP contribution in [0.4, 0.5) is 0 Å². The Kier molecular flexibility index (Phi) is 6.11. The average molecular weight is 453 g/mol. The minimum absolute atomic E-state index is 0.107. The molecule has 2 aromatic heterocycles. The molecule has 1 fully saturated rings. The van der Waals surface area contributed by atoms with Gasteiger partial charge in [0.25, 0.3) is 0 Å².